The Morgan fingerprint density at radius 2 is 1.71 bits per heavy atom. The quantitative estimate of drug-likeness (QED) is 0.740. The fourth-order valence-electron chi connectivity index (χ4n) is 1.68. The van der Waals surface area contributed by atoms with E-state index in [1.807, 2.05) is 24.3 Å². The Bertz CT molecular complexity index is 414. The molecule has 0 aromatic heterocycles. The summed E-state index contributed by atoms with van der Waals surface area (Å²) in [7, 11) is -3.03. The van der Waals surface area contributed by atoms with Gasteiger partial charge in [0.1, 0.15) is 0 Å². The van der Waals surface area contributed by atoms with Gasteiger partial charge in [0.2, 0.25) is 10.0 Å². The van der Waals surface area contributed by atoms with Crippen molar-refractivity contribution in [3.8, 4) is 0 Å². The number of rotatable bonds is 2. The molecule has 2 rings (SSSR count). The molecule has 1 aliphatic heterocycles. The smallest absolute Gasteiger partial charge is 0.212 e. The number of benzene rings is 1. The van der Waals surface area contributed by atoms with E-state index < -0.39 is 10.0 Å². The van der Waals surface area contributed by atoms with Gasteiger partial charge in [-0.15, -0.1) is 0 Å². The van der Waals surface area contributed by atoms with Crippen molar-refractivity contribution in [2.24, 2.45) is 0 Å². The van der Waals surface area contributed by atoms with Crippen molar-refractivity contribution in [3.05, 3.63) is 35.4 Å². The van der Waals surface area contributed by atoms with Crippen LogP contribution in [-0.4, -0.2) is 18.5 Å². The molecule has 1 aliphatic rings. The predicted molar refractivity (Wildman–Crippen MR) is 55.1 cm³/mol. The van der Waals surface area contributed by atoms with E-state index in [9.17, 15) is 8.42 Å². The van der Waals surface area contributed by atoms with E-state index in [2.05, 4.69) is 0 Å². The largest absolute Gasteiger partial charge is 0.214 e. The van der Waals surface area contributed by atoms with Crippen molar-refractivity contribution in [3.63, 3.8) is 0 Å². The standard InChI is InChI=1S/C10H13NO2S/c1-2-14(12,13)11-7-9-5-3-4-6-10(9)8-11/h3-6H,2,7-8H2,1H3. The van der Waals surface area contributed by atoms with Gasteiger partial charge in [0.05, 0.1) is 5.75 Å². The maximum atomic E-state index is 11.6. The van der Waals surface area contributed by atoms with Crippen molar-refractivity contribution in [1.29, 1.82) is 0 Å². The second kappa shape index (κ2) is 3.37. The minimum Gasteiger partial charge on any atom is -0.212 e. The van der Waals surface area contributed by atoms with Gasteiger partial charge in [0.25, 0.3) is 0 Å². The molecule has 0 N–H and O–H groups in total. The van der Waals surface area contributed by atoms with Crippen molar-refractivity contribution in [2.75, 3.05) is 5.75 Å². The van der Waals surface area contributed by atoms with Gasteiger partial charge in [-0.3, -0.25) is 0 Å². The second-order valence-electron chi connectivity index (χ2n) is 3.44. The summed E-state index contributed by atoms with van der Waals surface area (Å²) in [6.45, 7) is 2.75. The molecule has 0 fully saturated rings. The predicted octanol–water partition coefficient (Wildman–Crippen LogP) is 1.35. The Morgan fingerprint density at radius 1 is 1.21 bits per heavy atom. The number of hydrogen-bond acceptors (Lipinski definition) is 2. The molecule has 0 unspecified atom stereocenters. The molecule has 1 heterocycles. The monoisotopic (exact) mass is 211 g/mol. The SMILES string of the molecule is CCS(=O)(=O)N1Cc2ccccc2C1. The lowest BCUT2D eigenvalue weighted by Crippen LogP contribution is -2.26. The van der Waals surface area contributed by atoms with Crippen LogP contribution in [0.5, 0.6) is 0 Å². The number of nitrogens with zero attached hydrogens (tertiary/aromatic N) is 1. The zero-order chi connectivity index (χ0) is 10.2. The van der Waals surface area contributed by atoms with Gasteiger partial charge in [0.15, 0.2) is 0 Å². The molecule has 76 valence electrons. The highest BCUT2D eigenvalue weighted by Crippen LogP contribution is 2.24. The van der Waals surface area contributed by atoms with E-state index in [1.54, 1.807) is 6.92 Å². The summed E-state index contributed by atoms with van der Waals surface area (Å²) in [5.74, 6) is 0.182. The van der Waals surface area contributed by atoms with Crippen LogP contribution in [-0.2, 0) is 23.1 Å². The third-order valence-electron chi connectivity index (χ3n) is 2.57. The van der Waals surface area contributed by atoms with Crippen molar-refractivity contribution in [1.82, 2.24) is 4.31 Å². The topological polar surface area (TPSA) is 37.4 Å². The Kier molecular flexibility index (Phi) is 2.33. The van der Waals surface area contributed by atoms with Crippen molar-refractivity contribution in [2.45, 2.75) is 20.0 Å². The van der Waals surface area contributed by atoms with Gasteiger partial charge >= 0.3 is 0 Å². The van der Waals surface area contributed by atoms with Crippen LogP contribution in [0.25, 0.3) is 0 Å². The maximum absolute atomic E-state index is 11.6. The molecule has 0 amide bonds. The van der Waals surface area contributed by atoms with Crippen LogP contribution < -0.4 is 0 Å². The number of sulfonamides is 1. The minimum atomic E-state index is -3.03. The Morgan fingerprint density at radius 3 is 2.14 bits per heavy atom. The fraction of sp³-hybridized carbons (Fsp3) is 0.400. The number of hydrogen-bond donors (Lipinski definition) is 0. The molecular formula is C10H13NO2S. The molecule has 0 radical (unpaired) electrons. The van der Waals surface area contributed by atoms with E-state index in [4.69, 9.17) is 0 Å². The summed E-state index contributed by atoms with van der Waals surface area (Å²) in [5.41, 5.74) is 2.26. The average Bonchev–Trinajstić information content (AvgIpc) is 2.61. The summed E-state index contributed by atoms with van der Waals surface area (Å²) in [5, 5.41) is 0. The number of fused-ring (bicyclic) bond motifs is 1. The molecule has 0 spiro atoms. The summed E-state index contributed by atoms with van der Waals surface area (Å²) in [6, 6.07) is 7.86. The normalized spacial score (nSPS) is 16.9. The molecule has 14 heavy (non-hydrogen) atoms. The third kappa shape index (κ3) is 1.55. The van der Waals surface area contributed by atoms with Crippen LogP contribution in [0.4, 0.5) is 0 Å². The summed E-state index contributed by atoms with van der Waals surface area (Å²) in [4.78, 5) is 0. The zero-order valence-electron chi connectivity index (χ0n) is 8.10. The van der Waals surface area contributed by atoms with Crippen LogP contribution in [0.1, 0.15) is 18.1 Å². The van der Waals surface area contributed by atoms with E-state index in [1.165, 1.54) is 4.31 Å². The van der Waals surface area contributed by atoms with E-state index in [-0.39, 0.29) is 5.75 Å². The van der Waals surface area contributed by atoms with Crippen LogP contribution >= 0.6 is 0 Å². The summed E-state index contributed by atoms with van der Waals surface area (Å²) < 4.78 is 24.7. The van der Waals surface area contributed by atoms with Gasteiger partial charge in [0, 0.05) is 13.1 Å². The lowest BCUT2D eigenvalue weighted by atomic mass is 10.1. The molecule has 1 aromatic rings. The van der Waals surface area contributed by atoms with E-state index in [0.717, 1.165) is 11.1 Å². The van der Waals surface area contributed by atoms with E-state index >= 15 is 0 Å². The highest BCUT2D eigenvalue weighted by molar-refractivity contribution is 7.89. The first-order valence-electron chi connectivity index (χ1n) is 4.68. The van der Waals surface area contributed by atoms with Gasteiger partial charge < -0.3 is 0 Å². The highest BCUT2D eigenvalue weighted by Gasteiger charge is 2.26. The molecule has 0 bridgehead atoms. The van der Waals surface area contributed by atoms with Crippen molar-refractivity contribution < 1.29 is 8.42 Å². The zero-order valence-corrected chi connectivity index (χ0v) is 8.92. The summed E-state index contributed by atoms with van der Waals surface area (Å²) in [6.07, 6.45) is 0. The Balaban J connectivity index is 2.28. The molecule has 1 aromatic carbocycles. The summed E-state index contributed by atoms with van der Waals surface area (Å²) >= 11 is 0. The van der Waals surface area contributed by atoms with Crippen LogP contribution in [0.2, 0.25) is 0 Å². The molecule has 0 saturated carbocycles. The average molecular weight is 211 g/mol. The first-order chi connectivity index (χ1) is 6.63. The fourth-order valence-corrected chi connectivity index (χ4v) is 2.72. The van der Waals surface area contributed by atoms with Crippen LogP contribution in [0.15, 0.2) is 24.3 Å². The van der Waals surface area contributed by atoms with Crippen molar-refractivity contribution >= 4 is 10.0 Å². The van der Waals surface area contributed by atoms with Gasteiger partial charge in [-0.2, -0.15) is 4.31 Å². The first kappa shape index (κ1) is 9.68. The molecule has 0 atom stereocenters. The van der Waals surface area contributed by atoms with Gasteiger partial charge in [-0.05, 0) is 18.1 Å². The lowest BCUT2D eigenvalue weighted by Gasteiger charge is -2.13. The molecule has 4 heteroatoms. The first-order valence-corrected chi connectivity index (χ1v) is 6.29. The molecule has 0 saturated heterocycles. The van der Waals surface area contributed by atoms with E-state index in [0.29, 0.717) is 13.1 Å². The van der Waals surface area contributed by atoms with Gasteiger partial charge in [-0.1, -0.05) is 24.3 Å². The highest BCUT2D eigenvalue weighted by atomic mass is 32.2. The van der Waals surface area contributed by atoms with Crippen LogP contribution in [0.3, 0.4) is 0 Å². The molecule has 3 nitrogen and oxygen atoms in total. The maximum Gasteiger partial charge on any atom is 0.214 e. The Hall–Kier alpha value is -0.870. The lowest BCUT2D eigenvalue weighted by molar-refractivity contribution is 0.432. The second-order valence-corrected chi connectivity index (χ2v) is 5.69. The van der Waals surface area contributed by atoms with Crippen LogP contribution in [0, 0.1) is 0 Å². The molecular weight excluding hydrogens is 198 g/mol. The Labute approximate surface area is 84.4 Å². The third-order valence-corrected chi connectivity index (χ3v) is 4.34. The molecule has 0 aliphatic carbocycles. The van der Waals surface area contributed by atoms with Gasteiger partial charge in [-0.25, -0.2) is 8.42 Å². The minimum absolute atomic E-state index is 0.182.